The fourth-order valence-electron chi connectivity index (χ4n) is 4.92. The summed E-state index contributed by atoms with van der Waals surface area (Å²) >= 11 is 0. The SMILES string of the molecule is C=C(COCC)OC[C@@H]1CCC[C@H](Cc2nn(C(C)C)c(C)c2Cc2ccc(CC(C)C)cc2)O1. The molecule has 0 radical (unpaired) electrons. The van der Waals surface area contributed by atoms with Gasteiger partial charge in [0, 0.05) is 36.7 Å². The van der Waals surface area contributed by atoms with Gasteiger partial charge >= 0.3 is 0 Å². The molecule has 1 aliphatic heterocycles. The van der Waals surface area contributed by atoms with Crippen molar-refractivity contribution in [2.24, 2.45) is 5.92 Å². The number of hydrogen-bond donors (Lipinski definition) is 0. The van der Waals surface area contributed by atoms with Crippen molar-refractivity contribution in [2.45, 2.75) is 98.3 Å². The van der Waals surface area contributed by atoms with Gasteiger partial charge in [-0.1, -0.05) is 44.7 Å². The Morgan fingerprint density at radius 2 is 1.80 bits per heavy atom. The zero-order valence-corrected chi connectivity index (χ0v) is 22.8. The molecule has 0 unspecified atom stereocenters. The highest BCUT2D eigenvalue weighted by molar-refractivity contribution is 5.34. The standard InChI is InChI=1S/C30H46N2O3/c1-8-33-19-23(6)34-20-28-11-9-10-27(35-28)18-30-29(24(7)32(31-30)22(4)5)17-26-14-12-25(13-15-26)16-21(2)3/h12-15,21-22,27-28H,6,8-11,16-20H2,1-5,7H3/t27-,28+/m1/s1. The fraction of sp³-hybridized carbons (Fsp3) is 0.633. The zero-order chi connectivity index (χ0) is 25.4. The van der Waals surface area contributed by atoms with E-state index >= 15 is 0 Å². The molecule has 1 fully saturated rings. The predicted molar refractivity (Wildman–Crippen MR) is 143 cm³/mol. The molecule has 3 rings (SSSR count). The lowest BCUT2D eigenvalue weighted by Crippen LogP contribution is -2.32. The second-order valence-electron chi connectivity index (χ2n) is 10.6. The molecule has 2 heterocycles. The van der Waals surface area contributed by atoms with Gasteiger partial charge in [-0.15, -0.1) is 0 Å². The monoisotopic (exact) mass is 482 g/mol. The molecule has 194 valence electrons. The number of rotatable bonds is 13. The van der Waals surface area contributed by atoms with Gasteiger partial charge in [0.25, 0.3) is 0 Å². The normalized spacial score (nSPS) is 18.4. The third kappa shape index (κ3) is 8.22. The Labute approximate surface area is 212 Å². The van der Waals surface area contributed by atoms with Gasteiger partial charge in [0.1, 0.15) is 19.0 Å². The summed E-state index contributed by atoms with van der Waals surface area (Å²) in [6, 6.07) is 9.47. The molecule has 1 aliphatic rings. The molecule has 2 aromatic rings. The zero-order valence-electron chi connectivity index (χ0n) is 22.8. The molecule has 0 amide bonds. The summed E-state index contributed by atoms with van der Waals surface area (Å²) in [6.07, 6.45) is 6.37. The average molecular weight is 483 g/mol. The molecule has 35 heavy (non-hydrogen) atoms. The van der Waals surface area contributed by atoms with Gasteiger partial charge in [-0.25, -0.2) is 0 Å². The molecular formula is C30H46N2O3. The van der Waals surface area contributed by atoms with Crippen molar-refractivity contribution in [1.82, 2.24) is 9.78 Å². The molecule has 0 aliphatic carbocycles. The van der Waals surface area contributed by atoms with Gasteiger partial charge in [-0.05, 0) is 70.4 Å². The van der Waals surface area contributed by atoms with E-state index in [1.54, 1.807) is 0 Å². The molecule has 0 saturated carbocycles. The number of aromatic nitrogens is 2. The summed E-state index contributed by atoms with van der Waals surface area (Å²) in [6.45, 7) is 18.7. The van der Waals surface area contributed by atoms with Crippen LogP contribution in [0.2, 0.25) is 0 Å². The highest BCUT2D eigenvalue weighted by atomic mass is 16.6. The third-order valence-electron chi connectivity index (χ3n) is 6.69. The van der Waals surface area contributed by atoms with Crippen molar-refractivity contribution in [3.8, 4) is 0 Å². The largest absolute Gasteiger partial charge is 0.493 e. The third-order valence-corrected chi connectivity index (χ3v) is 6.69. The first-order chi connectivity index (χ1) is 16.8. The lowest BCUT2D eigenvalue weighted by atomic mass is 9.95. The van der Waals surface area contributed by atoms with E-state index in [-0.39, 0.29) is 12.2 Å². The molecule has 1 aromatic carbocycles. The van der Waals surface area contributed by atoms with Crippen molar-refractivity contribution in [3.05, 3.63) is 64.7 Å². The van der Waals surface area contributed by atoms with Crippen LogP contribution >= 0.6 is 0 Å². The van der Waals surface area contributed by atoms with Crippen molar-refractivity contribution in [3.63, 3.8) is 0 Å². The van der Waals surface area contributed by atoms with Crippen LogP contribution in [-0.4, -0.2) is 41.8 Å². The van der Waals surface area contributed by atoms with E-state index < -0.39 is 0 Å². The van der Waals surface area contributed by atoms with Crippen LogP contribution in [0, 0.1) is 12.8 Å². The minimum absolute atomic E-state index is 0.0948. The van der Waals surface area contributed by atoms with Crippen LogP contribution < -0.4 is 0 Å². The van der Waals surface area contributed by atoms with Crippen molar-refractivity contribution in [1.29, 1.82) is 0 Å². The van der Waals surface area contributed by atoms with E-state index in [0.717, 1.165) is 38.5 Å². The summed E-state index contributed by atoms with van der Waals surface area (Å²) in [5.74, 6) is 1.34. The summed E-state index contributed by atoms with van der Waals surface area (Å²) < 4.78 is 19.8. The number of hydrogen-bond acceptors (Lipinski definition) is 4. The lowest BCUT2D eigenvalue weighted by molar-refractivity contribution is -0.0790. The number of nitrogens with zero attached hydrogens (tertiary/aromatic N) is 2. The molecule has 0 spiro atoms. The summed E-state index contributed by atoms with van der Waals surface area (Å²) in [5.41, 5.74) is 6.54. The number of benzene rings is 1. The topological polar surface area (TPSA) is 45.5 Å². The Morgan fingerprint density at radius 3 is 2.46 bits per heavy atom. The molecule has 5 nitrogen and oxygen atoms in total. The Kier molecular flexibility index (Phi) is 10.4. The average Bonchev–Trinajstić information content (AvgIpc) is 3.12. The van der Waals surface area contributed by atoms with Gasteiger partial charge in [0.2, 0.25) is 0 Å². The van der Waals surface area contributed by atoms with E-state index in [9.17, 15) is 0 Å². The summed E-state index contributed by atoms with van der Waals surface area (Å²) in [7, 11) is 0. The van der Waals surface area contributed by atoms with Crippen LogP contribution in [0.5, 0.6) is 0 Å². The van der Waals surface area contributed by atoms with Gasteiger partial charge in [0.15, 0.2) is 0 Å². The molecular weight excluding hydrogens is 436 g/mol. The van der Waals surface area contributed by atoms with Gasteiger partial charge in [-0.2, -0.15) is 5.10 Å². The van der Waals surface area contributed by atoms with Gasteiger partial charge in [-0.3, -0.25) is 4.68 Å². The molecule has 5 heteroatoms. The Balaban J connectivity index is 1.68. The molecule has 2 atom stereocenters. The van der Waals surface area contributed by atoms with E-state index in [0.29, 0.717) is 37.5 Å². The summed E-state index contributed by atoms with van der Waals surface area (Å²) in [4.78, 5) is 0. The van der Waals surface area contributed by atoms with Crippen molar-refractivity contribution in [2.75, 3.05) is 19.8 Å². The van der Waals surface area contributed by atoms with E-state index in [4.69, 9.17) is 19.3 Å². The highest BCUT2D eigenvalue weighted by Crippen LogP contribution is 2.27. The van der Waals surface area contributed by atoms with Crippen LogP contribution in [-0.2, 0) is 33.5 Å². The minimum atomic E-state index is 0.0948. The minimum Gasteiger partial charge on any atom is -0.493 e. The van der Waals surface area contributed by atoms with Crippen LogP contribution in [0.3, 0.4) is 0 Å². The second kappa shape index (κ2) is 13.3. The van der Waals surface area contributed by atoms with Crippen LogP contribution in [0.15, 0.2) is 36.6 Å². The highest BCUT2D eigenvalue weighted by Gasteiger charge is 2.26. The Hall–Kier alpha value is -2.11. The maximum Gasteiger partial charge on any atom is 0.115 e. The first-order valence-corrected chi connectivity index (χ1v) is 13.4. The maximum absolute atomic E-state index is 6.46. The van der Waals surface area contributed by atoms with Crippen molar-refractivity contribution >= 4 is 0 Å². The van der Waals surface area contributed by atoms with E-state index in [2.05, 4.69) is 70.1 Å². The van der Waals surface area contributed by atoms with E-state index in [1.807, 2.05) is 6.92 Å². The van der Waals surface area contributed by atoms with E-state index in [1.165, 1.54) is 28.1 Å². The Morgan fingerprint density at radius 1 is 1.11 bits per heavy atom. The van der Waals surface area contributed by atoms with Gasteiger partial charge < -0.3 is 14.2 Å². The molecule has 0 bridgehead atoms. The van der Waals surface area contributed by atoms with Crippen LogP contribution in [0.4, 0.5) is 0 Å². The lowest BCUT2D eigenvalue weighted by Gasteiger charge is -2.30. The van der Waals surface area contributed by atoms with Gasteiger partial charge in [0.05, 0.1) is 17.9 Å². The fourth-order valence-corrected chi connectivity index (χ4v) is 4.92. The predicted octanol–water partition coefficient (Wildman–Crippen LogP) is 6.61. The first kappa shape index (κ1) is 27.5. The summed E-state index contributed by atoms with van der Waals surface area (Å²) in [5, 5.41) is 5.06. The second-order valence-corrected chi connectivity index (χ2v) is 10.6. The molecule has 0 N–H and O–H groups in total. The Bertz CT molecular complexity index is 930. The first-order valence-electron chi connectivity index (χ1n) is 13.4. The maximum atomic E-state index is 6.46. The molecule has 1 saturated heterocycles. The quantitative estimate of drug-likeness (QED) is 0.301. The number of ether oxygens (including phenoxy) is 3. The van der Waals surface area contributed by atoms with Crippen LogP contribution in [0.25, 0.3) is 0 Å². The smallest absolute Gasteiger partial charge is 0.115 e. The van der Waals surface area contributed by atoms with Crippen LogP contribution in [0.1, 0.15) is 88.0 Å². The van der Waals surface area contributed by atoms with Crippen molar-refractivity contribution < 1.29 is 14.2 Å². The molecule has 1 aromatic heterocycles.